The minimum absolute atomic E-state index is 0.0371. The molecule has 0 saturated carbocycles. The van der Waals surface area contributed by atoms with E-state index in [2.05, 4.69) is 10.3 Å². The van der Waals surface area contributed by atoms with Gasteiger partial charge in [-0.25, -0.2) is 4.98 Å². The normalized spacial score (nSPS) is 11.0. The van der Waals surface area contributed by atoms with Gasteiger partial charge in [0.15, 0.2) is 10.9 Å². The Morgan fingerprint density at radius 3 is 2.80 bits per heavy atom. The van der Waals surface area contributed by atoms with Crippen molar-refractivity contribution in [2.75, 3.05) is 19.5 Å². The summed E-state index contributed by atoms with van der Waals surface area (Å²) in [6.07, 6.45) is 0.676. The summed E-state index contributed by atoms with van der Waals surface area (Å²) in [4.78, 5) is 42.8. The predicted molar refractivity (Wildman–Crippen MR) is 119 cm³/mol. The summed E-state index contributed by atoms with van der Waals surface area (Å²) in [7, 11) is 1.62. The summed E-state index contributed by atoms with van der Waals surface area (Å²) in [6, 6.07) is 10.8. The van der Waals surface area contributed by atoms with Gasteiger partial charge in [-0.1, -0.05) is 23.9 Å². The maximum absolute atomic E-state index is 12.9. The molecule has 0 spiro atoms. The number of aromatic nitrogens is 2. The number of rotatable bonds is 10. The standard InChI is InChI=1S/C21H23N3O4S2/c1-14(25)22-12-15-8-9-19(30-15)18(26)13-29-21-23-17-7-4-3-6-16(17)20(27)24(21)10-5-11-28-2/h3-4,6-9H,5,10-13H2,1-2H3,(H,22,25). The molecule has 2 heterocycles. The van der Waals surface area contributed by atoms with Crippen LogP contribution in [0.4, 0.5) is 0 Å². The average Bonchev–Trinajstić information content (AvgIpc) is 3.21. The zero-order valence-electron chi connectivity index (χ0n) is 16.8. The smallest absolute Gasteiger partial charge is 0.262 e. The molecular formula is C21H23N3O4S2. The van der Waals surface area contributed by atoms with Crippen molar-refractivity contribution in [3.63, 3.8) is 0 Å². The predicted octanol–water partition coefficient (Wildman–Crippen LogP) is 3.11. The first-order valence-electron chi connectivity index (χ1n) is 9.47. The summed E-state index contributed by atoms with van der Waals surface area (Å²) < 4.78 is 6.72. The van der Waals surface area contributed by atoms with Gasteiger partial charge in [0.2, 0.25) is 5.91 Å². The van der Waals surface area contributed by atoms with Crippen LogP contribution in [-0.2, 0) is 22.6 Å². The monoisotopic (exact) mass is 445 g/mol. The van der Waals surface area contributed by atoms with E-state index in [1.54, 1.807) is 29.9 Å². The lowest BCUT2D eigenvalue weighted by molar-refractivity contribution is -0.119. The van der Waals surface area contributed by atoms with Gasteiger partial charge >= 0.3 is 0 Å². The number of benzene rings is 1. The van der Waals surface area contributed by atoms with Crippen LogP contribution in [0.25, 0.3) is 10.9 Å². The third-order valence-electron chi connectivity index (χ3n) is 4.34. The van der Waals surface area contributed by atoms with Crippen LogP contribution in [0.15, 0.2) is 46.3 Å². The molecule has 158 valence electrons. The molecule has 0 bridgehead atoms. The Kier molecular flexibility index (Phi) is 7.78. The summed E-state index contributed by atoms with van der Waals surface area (Å²) in [6.45, 7) is 2.88. The highest BCUT2D eigenvalue weighted by Gasteiger charge is 2.15. The molecule has 1 N–H and O–H groups in total. The van der Waals surface area contributed by atoms with Crippen molar-refractivity contribution in [1.29, 1.82) is 0 Å². The number of thioether (sulfide) groups is 1. The highest BCUT2D eigenvalue weighted by Crippen LogP contribution is 2.22. The van der Waals surface area contributed by atoms with Crippen molar-refractivity contribution in [2.45, 2.75) is 31.6 Å². The number of nitrogens with one attached hydrogen (secondary N) is 1. The minimum atomic E-state index is -0.111. The third kappa shape index (κ3) is 5.56. The van der Waals surface area contributed by atoms with Crippen molar-refractivity contribution in [2.24, 2.45) is 0 Å². The van der Waals surface area contributed by atoms with E-state index < -0.39 is 0 Å². The van der Waals surface area contributed by atoms with Crippen LogP contribution in [0.1, 0.15) is 27.9 Å². The molecule has 0 aliphatic carbocycles. The second-order valence-electron chi connectivity index (χ2n) is 6.60. The highest BCUT2D eigenvalue weighted by atomic mass is 32.2. The number of thiophene rings is 1. The van der Waals surface area contributed by atoms with Gasteiger partial charge in [-0.2, -0.15) is 0 Å². The van der Waals surface area contributed by atoms with Crippen LogP contribution >= 0.6 is 23.1 Å². The fourth-order valence-corrected chi connectivity index (χ4v) is 4.74. The van der Waals surface area contributed by atoms with Gasteiger partial charge < -0.3 is 10.1 Å². The molecule has 0 unspecified atom stereocenters. The summed E-state index contributed by atoms with van der Waals surface area (Å²) in [5, 5.41) is 3.81. The Hall–Kier alpha value is -2.49. The number of methoxy groups -OCH3 is 1. The van der Waals surface area contributed by atoms with Crippen molar-refractivity contribution >= 4 is 45.7 Å². The summed E-state index contributed by atoms with van der Waals surface area (Å²) in [5.74, 6) is 0.0281. The van der Waals surface area contributed by atoms with Gasteiger partial charge in [0.25, 0.3) is 5.56 Å². The van der Waals surface area contributed by atoms with Gasteiger partial charge in [-0.3, -0.25) is 19.0 Å². The number of hydrogen-bond acceptors (Lipinski definition) is 7. The average molecular weight is 446 g/mol. The molecule has 30 heavy (non-hydrogen) atoms. The first-order chi connectivity index (χ1) is 14.5. The van der Waals surface area contributed by atoms with Crippen LogP contribution in [-0.4, -0.2) is 40.7 Å². The molecule has 3 aromatic rings. The number of carbonyl (C=O) groups excluding carboxylic acids is 2. The molecule has 0 atom stereocenters. The van der Waals surface area contributed by atoms with E-state index in [4.69, 9.17) is 4.74 Å². The van der Waals surface area contributed by atoms with E-state index in [9.17, 15) is 14.4 Å². The lowest BCUT2D eigenvalue weighted by Crippen LogP contribution is -2.24. The SMILES string of the molecule is COCCCn1c(SCC(=O)c2ccc(CNC(C)=O)s2)nc2ccccc2c1=O. The first kappa shape index (κ1) is 22.2. The molecule has 9 heteroatoms. The van der Waals surface area contributed by atoms with E-state index in [-0.39, 0.29) is 23.0 Å². The Balaban J connectivity index is 1.77. The van der Waals surface area contributed by atoms with Crippen LogP contribution in [0.5, 0.6) is 0 Å². The van der Waals surface area contributed by atoms with Crippen molar-refractivity contribution in [3.8, 4) is 0 Å². The van der Waals surface area contributed by atoms with Crippen LogP contribution in [0, 0.1) is 0 Å². The number of para-hydroxylation sites is 1. The van der Waals surface area contributed by atoms with E-state index in [1.807, 2.05) is 18.2 Å². The van der Waals surface area contributed by atoms with Crippen LogP contribution in [0.3, 0.4) is 0 Å². The van der Waals surface area contributed by atoms with E-state index in [0.717, 1.165) is 4.88 Å². The zero-order chi connectivity index (χ0) is 21.5. The Morgan fingerprint density at radius 2 is 2.03 bits per heavy atom. The Morgan fingerprint density at radius 1 is 1.23 bits per heavy atom. The van der Waals surface area contributed by atoms with E-state index in [1.165, 1.54) is 30.0 Å². The molecular weight excluding hydrogens is 422 g/mol. The molecule has 0 radical (unpaired) electrons. The molecule has 2 aromatic heterocycles. The number of amides is 1. The molecule has 3 rings (SSSR count). The number of ether oxygens (including phenoxy) is 1. The lowest BCUT2D eigenvalue weighted by atomic mass is 10.2. The van der Waals surface area contributed by atoms with Crippen molar-refractivity contribution < 1.29 is 14.3 Å². The number of carbonyl (C=O) groups is 2. The minimum Gasteiger partial charge on any atom is -0.385 e. The third-order valence-corrected chi connectivity index (χ3v) is 6.44. The molecule has 7 nitrogen and oxygen atoms in total. The van der Waals surface area contributed by atoms with Crippen LogP contribution < -0.4 is 10.9 Å². The van der Waals surface area contributed by atoms with Crippen molar-refractivity contribution in [1.82, 2.24) is 14.9 Å². The zero-order valence-corrected chi connectivity index (χ0v) is 18.5. The van der Waals surface area contributed by atoms with Gasteiger partial charge in [0, 0.05) is 32.1 Å². The van der Waals surface area contributed by atoms with Gasteiger partial charge in [-0.05, 0) is 30.7 Å². The summed E-state index contributed by atoms with van der Waals surface area (Å²) >= 11 is 2.62. The maximum Gasteiger partial charge on any atom is 0.262 e. The molecule has 0 aliphatic heterocycles. The van der Waals surface area contributed by atoms with Gasteiger partial charge in [-0.15, -0.1) is 11.3 Å². The lowest BCUT2D eigenvalue weighted by Gasteiger charge is -2.12. The van der Waals surface area contributed by atoms with Gasteiger partial charge in [0.1, 0.15) is 0 Å². The highest BCUT2D eigenvalue weighted by molar-refractivity contribution is 7.99. The van der Waals surface area contributed by atoms with Crippen molar-refractivity contribution in [3.05, 3.63) is 56.5 Å². The van der Waals surface area contributed by atoms with E-state index in [0.29, 0.717) is 47.1 Å². The molecule has 1 aromatic carbocycles. The number of ketones is 1. The largest absolute Gasteiger partial charge is 0.385 e. The number of fused-ring (bicyclic) bond motifs is 1. The van der Waals surface area contributed by atoms with E-state index >= 15 is 0 Å². The fourth-order valence-electron chi connectivity index (χ4n) is 2.86. The first-order valence-corrected chi connectivity index (χ1v) is 11.3. The Labute approximate surface area is 182 Å². The number of Topliss-reactive ketones (excluding diaryl/α,β-unsaturated/α-hetero) is 1. The topological polar surface area (TPSA) is 90.3 Å². The quantitative estimate of drug-likeness (QED) is 0.223. The Bertz CT molecular complexity index is 1110. The number of hydrogen-bond donors (Lipinski definition) is 1. The molecule has 0 saturated heterocycles. The summed E-state index contributed by atoms with van der Waals surface area (Å²) in [5.41, 5.74) is 0.509. The van der Waals surface area contributed by atoms with Crippen LogP contribution in [0.2, 0.25) is 0 Å². The second kappa shape index (κ2) is 10.5. The maximum atomic E-state index is 12.9. The number of nitrogens with zero attached hydrogens (tertiary/aromatic N) is 2. The molecule has 0 fully saturated rings. The fraction of sp³-hybridized carbons (Fsp3) is 0.333. The second-order valence-corrected chi connectivity index (χ2v) is 8.71. The molecule has 1 amide bonds. The molecule has 0 aliphatic rings. The van der Waals surface area contributed by atoms with Gasteiger partial charge in [0.05, 0.1) is 28.1 Å².